The van der Waals surface area contributed by atoms with Gasteiger partial charge in [0.25, 0.3) is 0 Å². The first kappa shape index (κ1) is 32.8. The van der Waals surface area contributed by atoms with Gasteiger partial charge in [-0.3, -0.25) is 0 Å². The Morgan fingerprint density at radius 3 is 2.60 bits per heavy atom. The van der Waals surface area contributed by atoms with Crippen LogP contribution in [0.3, 0.4) is 0 Å². The normalized spacial score (nSPS) is 15.6. The Hall–Kier alpha value is -3.06. The average molecular weight is 641 g/mol. The Balaban J connectivity index is 1.55. The molecule has 1 fully saturated rings. The molecule has 43 heavy (non-hydrogen) atoms. The van der Waals surface area contributed by atoms with Gasteiger partial charge in [0.05, 0.1) is 51.5 Å². The number of likely N-dealkylation sites (tertiary alicyclic amines) is 1. The Labute approximate surface area is 252 Å². The van der Waals surface area contributed by atoms with Crippen molar-refractivity contribution in [3.05, 3.63) is 46.8 Å². The molecular formula is C29H35F3N4O5S2. The molecule has 0 radical (unpaired) electrons. The number of benzene rings is 2. The number of sulfonamides is 1. The van der Waals surface area contributed by atoms with Crippen LogP contribution in [0.25, 0.3) is 10.1 Å². The van der Waals surface area contributed by atoms with Crippen molar-refractivity contribution in [3.63, 3.8) is 0 Å². The third-order valence-corrected chi connectivity index (χ3v) is 8.97. The highest BCUT2D eigenvalue weighted by Crippen LogP contribution is 2.39. The highest BCUT2D eigenvalue weighted by molar-refractivity contribution is 7.89. The number of aliphatic hydroxyl groups is 2. The average Bonchev–Trinajstić information content (AvgIpc) is 3.27. The molecule has 0 aliphatic carbocycles. The minimum atomic E-state index is -4.42. The van der Waals surface area contributed by atoms with Crippen molar-refractivity contribution >= 4 is 42.8 Å². The summed E-state index contributed by atoms with van der Waals surface area (Å²) < 4.78 is 70.4. The van der Waals surface area contributed by atoms with Gasteiger partial charge in [-0.15, -0.1) is 11.3 Å². The molecule has 9 nitrogen and oxygen atoms in total. The highest BCUT2D eigenvalue weighted by Gasteiger charge is 2.31. The SMILES string of the molecule is CC(O)CN1CCC(Nc2cccc3c(CC(F)(F)F)c(C#CCNc4ccc(S(N)(=O)=O)cc4OCCO)sc23)CC1. The number of halogens is 3. The fourth-order valence-corrected chi connectivity index (χ4v) is 6.68. The first-order valence-corrected chi connectivity index (χ1v) is 16.1. The van der Waals surface area contributed by atoms with Gasteiger partial charge in [-0.25, -0.2) is 13.6 Å². The molecule has 0 spiro atoms. The summed E-state index contributed by atoms with van der Waals surface area (Å²) in [4.78, 5) is 2.35. The van der Waals surface area contributed by atoms with Crippen LogP contribution in [-0.2, 0) is 16.4 Å². The highest BCUT2D eigenvalue weighted by atomic mass is 32.2. The number of aliphatic hydroxyl groups excluding tert-OH is 2. The quantitative estimate of drug-likeness (QED) is 0.200. The van der Waals surface area contributed by atoms with Gasteiger partial charge in [-0.1, -0.05) is 24.0 Å². The molecule has 14 heteroatoms. The second-order valence-electron chi connectivity index (χ2n) is 10.4. The number of hydrogen-bond acceptors (Lipinski definition) is 9. The van der Waals surface area contributed by atoms with Crippen LogP contribution in [0.1, 0.15) is 30.2 Å². The molecule has 2 heterocycles. The smallest absolute Gasteiger partial charge is 0.393 e. The molecule has 1 saturated heterocycles. The molecule has 4 rings (SSSR count). The lowest BCUT2D eigenvalue weighted by Gasteiger charge is -2.33. The fourth-order valence-electron chi connectivity index (χ4n) is 4.98. The van der Waals surface area contributed by atoms with Crippen LogP contribution in [0.5, 0.6) is 5.75 Å². The maximum atomic E-state index is 13.6. The largest absolute Gasteiger partial charge is 0.489 e. The number of nitrogens with zero attached hydrogens (tertiary/aromatic N) is 1. The molecule has 0 amide bonds. The van der Waals surface area contributed by atoms with E-state index in [2.05, 4.69) is 27.4 Å². The van der Waals surface area contributed by atoms with Crippen molar-refractivity contribution < 1.29 is 36.5 Å². The van der Waals surface area contributed by atoms with E-state index in [-0.39, 0.29) is 42.0 Å². The number of rotatable bonds is 11. The van der Waals surface area contributed by atoms with Crippen LogP contribution in [0.15, 0.2) is 41.3 Å². The predicted octanol–water partition coefficient (Wildman–Crippen LogP) is 3.75. The van der Waals surface area contributed by atoms with Crippen molar-refractivity contribution in [2.45, 2.75) is 49.4 Å². The topological polar surface area (TPSA) is 137 Å². The van der Waals surface area contributed by atoms with Gasteiger partial charge in [0, 0.05) is 31.7 Å². The Morgan fingerprint density at radius 1 is 1.21 bits per heavy atom. The van der Waals surface area contributed by atoms with Gasteiger partial charge < -0.3 is 30.5 Å². The van der Waals surface area contributed by atoms with Crippen molar-refractivity contribution in [1.29, 1.82) is 0 Å². The molecule has 0 bridgehead atoms. The minimum absolute atomic E-state index is 0.0278. The monoisotopic (exact) mass is 640 g/mol. The summed E-state index contributed by atoms with van der Waals surface area (Å²) >= 11 is 1.21. The molecule has 234 valence electrons. The van der Waals surface area contributed by atoms with Crippen molar-refractivity contribution in [2.75, 3.05) is 50.0 Å². The number of fused-ring (bicyclic) bond motifs is 1. The molecule has 0 saturated carbocycles. The minimum Gasteiger partial charge on any atom is -0.489 e. The van der Waals surface area contributed by atoms with E-state index in [0.29, 0.717) is 27.2 Å². The van der Waals surface area contributed by atoms with E-state index in [1.165, 1.54) is 29.5 Å². The Kier molecular flexibility index (Phi) is 10.8. The van der Waals surface area contributed by atoms with Crippen LogP contribution in [-0.4, -0.2) is 81.2 Å². The third kappa shape index (κ3) is 9.21. The molecule has 6 N–H and O–H groups in total. The summed E-state index contributed by atoms with van der Waals surface area (Å²) in [5.74, 6) is 5.91. The molecule has 3 aromatic rings. The molecule has 2 aromatic carbocycles. The van der Waals surface area contributed by atoms with Crippen LogP contribution in [0, 0.1) is 11.8 Å². The van der Waals surface area contributed by atoms with E-state index >= 15 is 0 Å². The number of ether oxygens (including phenoxy) is 1. The van der Waals surface area contributed by atoms with Gasteiger partial charge in [0.2, 0.25) is 10.0 Å². The van der Waals surface area contributed by atoms with Gasteiger partial charge >= 0.3 is 6.18 Å². The van der Waals surface area contributed by atoms with E-state index in [0.717, 1.165) is 31.6 Å². The van der Waals surface area contributed by atoms with Crippen molar-refractivity contribution in [3.8, 4) is 17.6 Å². The number of nitrogens with two attached hydrogens (primary N) is 1. The number of alkyl halides is 3. The number of piperidine rings is 1. The lowest BCUT2D eigenvalue weighted by atomic mass is 10.0. The summed E-state index contributed by atoms with van der Waals surface area (Å²) in [5, 5.41) is 31.0. The number of β-amino-alcohol motifs (C(OH)–C–C–N with tert-alkyl or cyclic N) is 1. The van der Waals surface area contributed by atoms with E-state index in [1.54, 1.807) is 19.1 Å². The number of anilines is 2. The summed E-state index contributed by atoms with van der Waals surface area (Å²) in [6, 6.07) is 9.41. The van der Waals surface area contributed by atoms with Crippen LogP contribution in [0.4, 0.5) is 24.5 Å². The van der Waals surface area contributed by atoms with Gasteiger partial charge in [0.15, 0.2) is 0 Å². The third-order valence-electron chi connectivity index (χ3n) is 6.86. The van der Waals surface area contributed by atoms with E-state index in [1.807, 2.05) is 6.07 Å². The lowest BCUT2D eigenvalue weighted by Crippen LogP contribution is -2.41. The molecule has 1 aliphatic heterocycles. The summed E-state index contributed by atoms with van der Waals surface area (Å²) in [6.07, 6.45) is -4.23. The summed E-state index contributed by atoms with van der Waals surface area (Å²) in [6.45, 7) is 3.66. The van der Waals surface area contributed by atoms with Gasteiger partial charge in [0.1, 0.15) is 12.4 Å². The molecule has 1 unspecified atom stereocenters. The zero-order chi connectivity index (χ0) is 31.2. The molecular weight excluding hydrogens is 605 g/mol. The lowest BCUT2D eigenvalue weighted by molar-refractivity contribution is -0.126. The standard InChI is InChI=1S/C29H35F3N4O5S2/c1-19(38)18-36-12-9-20(10-13-36)35-25-5-2-4-22-23(17-29(30,31)32)27(42-28(22)25)6-3-11-34-24-8-7-21(43(33,39)40)16-26(24)41-15-14-37/h2,4-5,7-8,16,19-20,34-35,37-38H,9-15,17-18H2,1H3,(H2,33,39,40). The van der Waals surface area contributed by atoms with Gasteiger partial charge in [-0.2, -0.15) is 13.2 Å². The summed E-state index contributed by atoms with van der Waals surface area (Å²) in [7, 11) is -3.99. The fraction of sp³-hybridized carbons (Fsp3) is 0.448. The number of primary sulfonamides is 1. The van der Waals surface area contributed by atoms with Crippen molar-refractivity contribution in [2.24, 2.45) is 5.14 Å². The first-order valence-electron chi connectivity index (χ1n) is 13.8. The Bertz CT molecular complexity index is 1570. The van der Waals surface area contributed by atoms with Crippen molar-refractivity contribution in [1.82, 2.24) is 4.90 Å². The van der Waals surface area contributed by atoms with E-state index in [4.69, 9.17) is 15.0 Å². The van der Waals surface area contributed by atoms with Crippen LogP contribution < -0.4 is 20.5 Å². The number of thiophene rings is 1. The van der Waals surface area contributed by atoms with E-state index < -0.39 is 28.7 Å². The zero-order valence-electron chi connectivity index (χ0n) is 23.6. The Morgan fingerprint density at radius 2 is 1.95 bits per heavy atom. The zero-order valence-corrected chi connectivity index (χ0v) is 25.2. The maximum Gasteiger partial charge on any atom is 0.393 e. The van der Waals surface area contributed by atoms with Crippen LogP contribution in [0.2, 0.25) is 0 Å². The molecule has 1 aliphatic rings. The number of nitrogens with one attached hydrogen (secondary N) is 2. The predicted molar refractivity (Wildman–Crippen MR) is 162 cm³/mol. The van der Waals surface area contributed by atoms with Gasteiger partial charge in [-0.05, 0) is 48.9 Å². The molecule has 1 aromatic heterocycles. The second-order valence-corrected chi connectivity index (χ2v) is 13.0. The second kappa shape index (κ2) is 14.1. The first-order chi connectivity index (χ1) is 20.3. The van der Waals surface area contributed by atoms with E-state index in [9.17, 15) is 26.7 Å². The maximum absolute atomic E-state index is 13.6. The van der Waals surface area contributed by atoms with Crippen LogP contribution >= 0.6 is 11.3 Å². The molecule has 1 atom stereocenters. The summed E-state index contributed by atoms with van der Waals surface area (Å²) in [5.41, 5.74) is 1.28. The number of hydrogen-bond donors (Lipinski definition) is 5.